The van der Waals surface area contributed by atoms with Crippen molar-refractivity contribution in [1.82, 2.24) is 4.90 Å². The molecule has 1 aliphatic rings. The Labute approximate surface area is 184 Å². The van der Waals surface area contributed by atoms with Crippen LogP contribution in [0.15, 0.2) is 43.5 Å². The second kappa shape index (κ2) is 11.3. The first-order valence-corrected chi connectivity index (χ1v) is 9.86. The van der Waals surface area contributed by atoms with E-state index in [2.05, 4.69) is 31.1 Å². The van der Waals surface area contributed by atoms with Gasteiger partial charge in [0.2, 0.25) is 5.91 Å². The van der Waals surface area contributed by atoms with E-state index in [0.29, 0.717) is 0 Å². The number of nitrogens with one attached hydrogen (secondary N) is 1. The van der Waals surface area contributed by atoms with Gasteiger partial charge in [-0.25, -0.2) is 14.0 Å². The van der Waals surface area contributed by atoms with Gasteiger partial charge in [0, 0.05) is 13.0 Å². The Balaban J connectivity index is 2.23. The zero-order chi connectivity index (χ0) is 23.0. The van der Waals surface area contributed by atoms with E-state index in [1.165, 1.54) is 23.1 Å². The minimum Gasteiger partial charge on any atom is -0.458 e. The number of hydrogen-bond donors (Lipinski definition) is 2. The van der Waals surface area contributed by atoms with Crippen molar-refractivity contribution in [2.24, 2.45) is 5.92 Å². The van der Waals surface area contributed by atoms with E-state index >= 15 is 0 Å². The van der Waals surface area contributed by atoms with Crippen molar-refractivity contribution in [1.29, 1.82) is 0 Å². The largest absolute Gasteiger partial charge is 0.458 e. The molecular weight excluding hydrogens is 427 g/mol. The summed E-state index contributed by atoms with van der Waals surface area (Å²) in [6, 6.07) is 2.28. The molecule has 0 spiro atoms. The number of anilines is 1. The maximum atomic E-state index is 13.7. The van der Waals surface area contributed by atoms with Crippen LogP contribution in [-0.4, -0.2) is 53.8 Å². The van der Waals surface area contributed by atoms with Gasteiger partial charge in [0.25, 0.3) is 0 Å². The third kappa shape index (κ3) is 6.68. The molecule has 0 saturated carbocycles. The first-order valence-electron chi connectivity index (χ1n) is 9.41. The standard InChI is InChI=1S/C21H23FN2O6S/c1-3-7-29-20(27)15-11-14(22)5-6-16(15)23-19(26)17-9-13(10-18(25)31)12-24(17)21(28)30-8-4-2/h3-6,11,13,17H,1-2,7-10,12H2,(H,23,26)(H,25,31)/t13-,17-/m0/s1. The van der Waals surface area contributed by atoms with Crippen LogP contribution in [0.5, 0.6) is 0 Å². The van der Waals surface area contributed by atoms with E-state index in [-0.39, 0.29) is 54.9 Å². The summed E-state index contributed by atoms with van der Waals surface area (Å²) in [5, 5.41) is 2.18. The molecule has 1 fully saturated rings. The highest BCUT2D eigenvalue weighted by Gasteiger charge is 2.41. The number of carbonyl (C=O) groups excluding carboxylic acids is 4. The molecule has 166 valence electrons. The number of benzene rings is 1. The van der Waals surface area contributed by atoms with Gasteiger partial charge in [0.05, 0.1) is 11.3 Å². The molecular formula is C21H23FN2O6S. The lowest BCUT2D eigenvalue weighted by atomic mass is 10.0. The molecule has 1 N–H and O–H groups in total. The van der Waals surface area contributed by atoms with Gasteiger partial charge in [0.15, 0.2) is 5.12 Å². The van der Waals surface area contributed by atoms with Crippen molar-refractivity contribution in [3.05, 3.63) is 54.9 Å². The van der Waals surface area contributed by atoms with Crippen LogP contribution in [0.2, 0.25) is 0 Å². The van der Waals surface area contributed by atoms with Crippen LogP contribution in [0.3, 0.4) is 0 Å². The van der Waals surface area contributed by atoms with Crippen LogP contribution in [0.25, 0.3) is 0 Å². The Hall–Kier alpha value is -3.14. The van der Waals surface area contributed by atoms with Crippen LogP contribution in [0, 0.1) is 11.7 Å². The first-order chi connectivity index (χ1) is 14.8. The van der Waals surface area contributed by atoms with E-state index in [1.54, 1.807) is 0 Å². The number of likely N-dealkylation sites (tertiary alicyclic amines) is 1. The number of carbonyl (C=O) groups is 4. The molecule has 1 aromatic carbocycles. The second-order valence-electron chi connectivity index (χ2n) is 6.80. The summed E-state index contributed by atoms with van der Waals surface area (Å²) in [4.78, 5) is 50.1. The maximum Gasteiger partial charge on any atom is 0.410 e. The van der Waals surface area contributed by atoms with Gasteiger partial charge in [-0.3, -0.25) is 14.5 Å². The predicted octanol–water partition coefficient (Wildman–Crippen LogP) is 2.97. The fourth-order valence-corrected chi connectivity index (χ4v) is 3.46. The molecule has 2 atom stereocenters. The van der Waals surface area contributed by atoms with Gasteiger partial charge >= 0.3 is 12.1 Å². The van der Waals surface area contributed by atoms with Crippen LogP contribution in [0.4, 0.5) is 14.9 Å². The third-order valence-corrected chi connectivity index (χ3v) is 4.69. The van der Waals surface area contributed by atoms with Crippen molar-refractivity contribution >= 4 is 41.4 Å². The van der Waals surface area contributed by atoms with Gasteiger partial charge < -0.3 is 14.8 Å². The Morgan fingerprint density at radius 2 is 1.87 bits per heavy atom. The summed E-state index contributed by atoms with van der Waals surface area (Å²) in [6.07, 6.45) is 2.27. The van der Waals surface area contributed by atoms with Gasteiger partial charge in [0.1, 0.15) is 25.1 Å². The number of amides is 2. The normalized spacial score (nSPS) is 17.5. The van der Waals surface area contributed by atoms with Crippen LogP contribution in [0.1, 0.15) is 23.2 Å². The molecule has 0 aliphatic carbocycles. The zero-order valence-electron chi connectivity index (χ0n) is 16.7. The molecule has 0 bridgehead atoms. The monoisotopic (exact) mass is 450 g/mol. The number of thiol groups is 1. The maximum absolute atomic E-state index is 13.7. The quantitative estimate of drug-likeness (QED) is 0.341. The van der Waals surface area contributed by atoms with Gasteiger partial charge in [-0.2, -0.15) is 0 Å². The van der Waals surface area contributed by atoms with E-state index in [0.717, 1.165) is 12.1 Å². The number of halogens is 1. The second-order valence-corrected chi connectivity index (χ2v) is 7.30. The number of hydrogen-bond acceptors (Lipinski definition) is 6. The minimum atomic E-state index is -0.961. The van der Waals surface area contributed by atoms with Crippen molar-refractivity contribution in [2.45, 2.75) is 18.9 Å². The molecule has 8 nitrogen and oxygen atoms in total. The van der Waals surface area contributed by atoms with E-state index in [4.69, 9.17) is 9.47 Å². The Kier molecular flexibility index (Phi) is 8.80. The molecule has 10 heteroatoms. The first kappa shape index (κ1) is 24.1. The van der Waals surface area contributed by atoms with Crippen molar-refractivity contribution in [3.63, 3.8) is 0 Å². The zero-order valence-corrected chi connectivity index (χ0v) is 17.6. The Morgan fingerprint density at radius 1 is 1.19 bits per heavy atom. The number of rotatable bonds is 9. The van der Waals surface area contributed by atoms with Crippen LogP contribution >= 0.6 is 12.6 Å². The average molecular weight is 450 g/mol. The lowest BCUT2D eigenvalue weighted by Gasteiger charge is -2.23. The SMILES string of the molecule is C=CCOC(=O)c1cc(F)ccc1NC(=O)[C@@H]1C[C@@H](CC(=O)S)CN1C(=O)OCC=C. The Bertz CT molecular complexity index is 891. The molecule has 1 aliphatic heterocycles. The number of nitrogens with zero attached hydrogens (tertiary/aromatic N) is 1. The third-order valence-electron chi connectivity index (χ3n) is 4.50. The summed E-state index contributed by atoms with van der Waals surface area (Å²) < 4.78 is 23.6. The summed E-state index contributed by atoms with van der Waals surface area (Å²) in [7, 11) is 0. The number of esters is 1. The van der Waals surface area contributed by atoms with E-state index in [9.17, 15) is 23.6 Å². The lowest BCUT2D eigenvalue weighted by Crippen LogP contribution is -2.43. The topological polar surface area (TPSA) is 102 Å². The number of ether oxygens (including phenoxy) is 2. The minimum absolute atomic E-state index is 0.0218. The average Bonchev–Trinajstić information content (AvgIpc) is 3.14. The molecule has 1 heterocycles. The fraction of sp³-hybridized carbons (Fsp3) is 0.333. The van der Waals surface area contributed by atoms with Gasteiger partial charge in [-0.1, -0.05) is 25.3 Å². The van der Waals surface area contributed by atoms with Gasteiger partial charge in [-0.15, -0.1) is 12.6 Å². The molecule has 1 saturated heterocycles. The molecule has 0 unspecified atom stereocenters. The lowest BCUT2D eigenvalue weighted by molar-refractivity contribution is -0.120. The Morgan fingerprint density at radius 3 is 2.52 bits per heavy atom. The highest BCUT2D eigenvalue weighted by molar-refractivity contribution is 7.96. The highest BCUT2D eigenvalue weighted by Crippen LogP contribution is 2.29. The summed E-state index contributed by atoms with van der Waals surface area (Å²) in [6.45, 7) is 6.89. The molecule has 31 heavy (non-hydrogen) atoms. The molecule has 1 aromatic rings. The molecule has 2 rings (SSSR count). The summed E-state index contributed by atoms with van der Waals surface area (Å²) in [5.41, 5.74) is -0.162. The summed E-state index contributed by atoms with van der Waals surface area (Å²) in [5.74, 6) is -2.44. The van der Waals surface area contributed by atoms with Crippen molar-refractivity contribution in [3.8, 4) is 0 Å². The fourth-order valence-electron chi connectivity index (χ4n) is 3.20. The van der Waals surface area contributed by atoms with Crippen molar-refractivity contribution in [2.75, 3.05) is 25.1 Å². The van der Waals surface area contributed by atoms with E-state index < -0.39 is 29.8 Å². The van der Waals surface area contributed by atoms with E-state index in [1.807, 2.05) is 0 Å². The van der Waals surface area contributed by atoms with Crippen LogP contribution < -0.4 is 5.32 Å². The van der Waals surface area contributed by atoms with Crippen LogP contribution in [-0.2, 0) is 19.1 Å². The van der Waals surface area contributed by atoms with Crippen molar-refractivity contribution < 1.29 is 33.0 Å². The van der Waals surface area contributed by atoms with Gasteiger partial charge in [-0.05, 0) is 30.5 Å². The molecule has 2 amide bonds. The summed E-state index contributed by atoms with van der Waals surface area (Å²) >= 11 is 3.76. The highest BCUT2D eigenvalue weighted by atomic mass is 32.1. The molecule has 0 radical (unpaired) electrons. The predicted molar refractivity (Wildman–Crippen MR) is 114 cm³/mol. The smallest absolute Gasteiger partial charge is 0.410 e. The molecule has 0 aromatic heterocycles.